The molecule has 1 atom stereocenters. The Morgan fingerprint density at radius 1 is 0.375 bits per heavy atom. The van der Waals surface area contributed by atoms with Gasteiger partial charge in [0.1, 0.15) is 33.5 Å². The molecule has 0 spiro atoms. The van der Waals surface area contributed by atoms with Crippen LogP contribution in [0.4, 0.5) is 0 Å². The molecule has 0 N–H and O–H groups in total. The van der Waals surface area contributed by atoms with E-state index < -0.39 is 303 Å². The van der Waals surface area contributed by atoms with Crippen LogP contribution in [0.2, 0.25) is 0 Å². The quantitative estimate of drug-likeness (QED) is 0.165. The Balaban J connectivity index is 1.35. The number of para-hydroxylation sites is 4. The van der Waals surface area contributed by atoms with Crippen molar-refractivity contribution in [2.45, 2.75) is 5.92 Å². The summed E-state index contributed by atoms with van der Waals surface area (Å²) < 4.78 is 291. The minimum Gasteiger partial charge on any atom is -0.456 e. The smallest absolute Gasteiger partial charge is 0.144 e. The zero-order valence-electron chi connectivity index (χ0n) is 57.9. The van der Waals surface area contributed by atoms with Gasteiger partial charge in [-0.2, -0.15) is 0 Å². The van der Waals surface area contributed by atoms with E-state index in [1.54, 1.807) is 0 Å². The van der Waals surface area contributed by atoms with Crippen molar-refractivity contribution in [3.05, 3.63) is 204 Å². The van der Waals surface area contributed by atoms with Crippen molar-refractivity contribution >= 4 is 76.6 Å². The molecule has 12 rings (SSSR count). The predicted molar refractivity (Wildman–Crippen MR) is 230 cm³/mol. The van der Waals surface area contributed by atoms with Crippen molar-refractivity contribution < 1.29 is 54.4 Å². The fraction of sp³-hybridized carbons (Fsp3) is 0.0189. The van der Waals surface area contributed by atoms with Crippen molar-refractivity contribution in [2.24, 2.45) is 0 Å². The average Bonchev–Trinajstić information content (AvgIpc) is 1.44. The lowest BCUT2D eigenvalue weighted by Gasteiger charge is -2.20. The molecule has 0 fully saturated rings. The summed E-state index contributed by atoms with van der Waals surface area (Å²) in [6, 6.07) is -26.1. The lowest BCUT2D eigenvalue weighted by molar-refractivity contribution is 0.653. The molecular weight excluding hydrogens is 685 g/mol. The Morgan fingerprint density at radius 2 is 1.02 bits per heavy atom. The third-order valence-corrected chi connectivity index (χ3v) is 9.39. The van der Waals surface area contributed by atoms with Gasteiger partial charge in [0.2, 0.25) is 0 Å². The van der Waals surface area contributed by atoms with E-state index in [4.69, 9.17) is 35.2 Å². The maximum atomic E-state index is 9.89. The highest BCUT2D eigenvalue weighted by atomic mass is 16.3. The summed E-state index contributed by atoms with van der Waals surface area (Å²) in [6.45, 7) is 0. The lowest BCUT2D eigenvalue weighted by Crippen LogP contribution is -2.04. The van der Waals surface area contributed by atoms with Crippen LogP contribution >= 0.6 is 0 Å². The van der Waals surface area contributed by atoms with Crippen molar-refractivity contribution in [1.82, 2.24) is 0 Å². The first-order chi connectivity index (χ1) is 40.3. The van der Waals surface area contributed by atoms with E-state index in [-0.39, 0.29) is 0 Å². The van der Waals surface area contributed by atoms with Crippen molar-refractivity contribution in [3.63, 3.8) is 0 Å². The monoisotopic (exact) mass is 746 g/mol. The second-order valence-electron chi connectivity index (χ2n) is 12.4. The summed E-state index contributed by atoms with van der Waals surface area (Å²) in [5.41, 5.74) is -9.25. The van der Waals surface area contributed by atoms with Crippen LogP contribution in [-0.4, -0.2) is 0 Å². The molecule has 0 aliphatic rings. The zero-order chi connectivity index (χ0) is 62.9. The Labute approximate surface area is 363 Å². The minimum absolute atomic E-state index is 0.415. The molecule has 3 nitrogen and oxygen atoms in total. The van der Waals surface area contributed by atoms with Crippen LogP contribution in [0.25, 0.3) is 98.8 Å². The Hall–Kier alpha value is -7.36. The summed E-state index contributed by atoms with van der Waals surface area (Å²) in [5.74, 6) is -2.38. The van der Waals surface area contributed by atoms with Gasteiger partial charge in [-0.3, -0.25) is 0 Å². The van der Waals surface area contributed by atoms with Crippen LogP contribution in [0.15, 0.2) is 201 Å². The molecule has 3 heteroatoms. The average molecular weight is 747 g/mol. The molecule has 0 radical (unpaired) electrons. The highest BCUT2D eigenvalue weighted by molar-refractivity contribution is 6.24. The van der Waals surface area contributed by atoms with Gasteiger partial charge in [0.15, 0.2) is 0 Å². The van der Waals surface area contributed by atoms with Gasteiger partial charge in [0, 0.05) is 54.9 Å². The first-order valence-corrected chi connectivity index (χ1v) is 16.7. The maximum absolute atomic E-state index is 9.89. The predicted octanol–water partition coefficient (Wildman–Crippen LogP) is 15.1. The van der Waals surface area contributed by atoms with Gasteiger partial charge in [0.05, 0.1) is 41.1 Å². The highest BCUT2D eigenvalue weighted by Crippen LogP contribution is 2.48. The van der Waals surface area contributed by atoms with E-state index in [2.05, 4.69) is 0 Å². The molecule has 12 aromatic rings. The first kappa shape index (κ1) is 13.7. The summed E-state index contributed by atoms with van der Waals surface area (Å²) in [6.07, 6.45) is 0. The molecule has 0 bridgehead atoms. The normalized spacial score (nSPS) is 20.1. The van der Waals surface area contributed by atoms with Gasteiger partial charge in [-0.25, -0.2) is 0 Å². The van der Waals surface area contributed by atoms with E-state index in [1.165, 1.54) is 0 Å². The molecule has 0 saturated carbocycles. The second kappa shape index (κ2) is 12.1. The van der Waals surface area contributed by atoms with Crippen molar-refractivity contribution in [1.29, 1.82) is 0 Å². The van der Waals surface area contributed by atoms with E-state index in [0.29, 0.717) is 0 Å². The molecule has 0 amide bonds. The number of hydrogen-bond donors (Lipinski definition) is 0. The number of hydrogen-bond acceptors (Lipinski definition) is 3. The van der Waals surface area contributed by atoms with Crippen LogP contribution in [0.5, 0.6) is 0 Å². The standard InChI is InChI=1S/C53H32O3/c1-2-12-32(13-3-1)34-24-27-35(28-25-34)48(42-20-10-18-39-38-16-6-8-22-45(38)55-51(39)42)43-21-11-19-40-44-31-47-50(41-17-7-9-23-46(41)54-47)49(53(44)56-52(40)43)37-29-26-33-14-4-5-15-36(33)30-37/h1-31,48H/i1D,2D,3D,4D,5D,6D,7D,8D,9D,10D,11D,12D,13D,14D,15D,16D,17D,18D,20D,21D,22D,23D,24D,25D,26D,27D,28D,29D,30D,31D. The molecule has 3 heterocycles. The zero-order valence-corrected chi connectivity index (χ0v) is 27.9. The van der Waals surface area contributed by atoms with E-state index in [1.807, 2.05) is 0 Å². The largest absolute Gasteiger partial charge is 0.456 e. The number of furan rings is 3. The van der Waals surface area contributed by atoms with E-state index >= 15 is 0 Å². The van der Waals surface area contributed by atoms with Gasteiger partial charge in [0.25, 0.3) is 0 Å². The second-order valence-corrected chi connectivity index (χ2v) is 12.4. The van der Waals surface area contributed by atoms with Gasteiger partial charge in [-0.05, 0) is 57.2 Å². The molecule has 9 aromatic carbocycles. The molecule has 0 aliphatic carbocycles. The Kier molecular flexibility index (Phi) is 2.96. The van der Waals surface area contributed by atoms with Gasteiger partial charge in [-0.1, -0.05) is 163 Å². The van der Waals surface area contributed by atoms with Crippen LogP contribution in [0, 0.1) is 0 Å². The molecule has 0 saturated heterocycles. The van der Waals surface area contributed by atoms with E-state index in [0.717, 1.165) is 6.07 Å². The van der Waals surface area contributed by atoms with E-state index in [9.17, 15) is 19.2 Å². The summed E-state index contributed by atoms with van der Waals surface area (Å²) in [4.78, 5) is 0. The molecule has 262 valence electrons. The highest BCUT2D eigenvalue weighted by Gasteiger charge is 2.28. The van der Waals surface area contributed by atoms with Crippen molar-refractivity contribution in [2.75, 3.05) is 0 Å². The molecule has 3 aromatic heterocycles. The lowest BCUT2D eigenvalue weighted by atomic mass is 9.83. The number of fused-ring (bicyclic) bond motifs is 10. The summed E-state index contributed by atoms with van der Waals surface area (Å²) in [5, 5.41) is -4.12. The SMILES string of the molecule is [2H]c1cc2c(oc3c(-c4c([2H])c([2H])c5c([2H])c([2H])c([2H])c([2H])c5c4[2H])c4c(oc5c([2H])c([2H])c([2H])c([2H])c54)c([2H])c32)c(C(c2c([2H])c([2H])c(-c3c([2H])c([2H])c([2H])c([2H])c3[2H])c([2H])c2[2H])c2c([2H])c([2H])c([2H])c3c2oc2c([2H])c([2H])c([2H])c([2H])c23)c1[2H]. The third kappa shape index (κ3) is 4.64. The summed E-state index contributed by atoms with van der Waals surface area (Å²) >= 11 is 0. The summed E-state index contributed by atoms with van der Waals surface area (Å²) in [7, 11) is 0. The topological polar surface area (TPSA) is 39.4 Å². The number of rotatable bonds is 5. The fourth-order valence-electron chi connectivity index (χ4n) is 7.00. The van der Waals surface area contributed by atoms with Crippen LogP contribution in [0.1, 0.15) is 63.7 Å². The van der Waals surface area contributed by atoms with Crippen LogP contribution < -0.4 is 0 Å². The third-order valence-electron chi connectivity index (χ3n) is 9.39. The first-order valence-electron chi connectivity index (χ1n) is 31.7. The Morgan fingerprint density at radius 3 is 1.86 bits per heavy atom. The maximum Gasteiger partial charge on any atom is 0.144 e. The molecular formula is C53H32O3. The van der Waals surface area contributed by atoms with Crippen LogP contribution in [-0.2, 0) is 0 Å². The fourth-order valence-corrected chi connectivity index (χ4v) is 7.00. The molecule has 1 unspecified atom stereocenters. The minimum atomic E-state index is -2.38. The van der Waals surface area contributed by atoms with Crippen LogP contribution in [0.3, 0.4) is 0 Å². The van der Waals surface area contributed by atoms with Gasteiger partial charge in [-0.15, -0.1) is 0 Å². The molecule has 56 heavy (non-hydrogen) atoms. The number of benzene rings is 9. The van der Waals surface area contributed by atoms with Gasteiger partial charge < -0.3 is 13.3 Å². The molecule has 0 aliphatic heterocycles. The van der Waals surface area contributed by atoms with Crippen molar-refractivity contribution in [3.8, 4) is 22.3 Å². The Bertz CT molecular complexity index is 5190. The van der Waals surface area contributed by atoms with Gasteiger partial charge >= 0.3 is 0 Å².